The minimum atomic E-state index is -5.02. The molecule has 0 atom stereocenters. The lowest BCUT2D eigenvalue weighted by Gasteiger charge is -2.13. The molecule has 4 nitrogen and oxygen atoms in total. The van der Waals surface area contributed by atoms with Crippen molar-refractivity contribution in [3.8, 4) is 0 Å². The van der Waals surface area contributed by atoms with Crippen LogP contribution in [-0.2, 0) is 12.4 Å². The van der Waals surface area contributed by atoms with Gasteiger partial charge in [0.1, 0.15) is 5.01 Å². The second kappa shape index (κ2) is 5.97. The average Bonchev–Trinajstić information content (AvgIpc) is 3.25. The summed E-state index contributed by atoms with van der Waals surface area (Å²) < 4.78 is 76.8. The second-order valence-electron chi connectivity index (χ2n) is 5.47. The van der Waals surface area contributed by atoms with Crippen molar-refractivity contribution in [3.05, 3.63) is 39.9 Å². The van der Waals surface area contributed by atoms with Gasteiger partial charge in [0.05, 0.1) is 11.1 Å². The van der Waals surface area contributed by atoms with Gasteiger partial charge in [0.15, 0.2) is 0 Å². The molecule has 2 aromatic rings. The van der Waals surface area contributed by atoms with Crippen LogP contribution in [0.1, 0.15) is 45.3 Å². The molecule has 0 saturated heterocycles. The van der Waals surface area contributed by atoms with Crippen LogP contribution in [0.3, 0.4) is 0 Å². The number of nitrogens with zero attached hydrogens (tertiary/aromatic N) is 2. The summed E-state index contributed by atoms with van der Waals surface area (Å²) in [5, 5.41) is 10.4. The standard InChI is InChI=1S/C14H9F6N3OS/c15-13(16,17)8-3-7(4-9(5-8)14(18,19)20)10(24)21-12-23-22-11(25-12)6-1-2-6/h3-6H,1-2H2,(H,21,23,24). The largest absolute Gasteiger partial charge is 0.416 e. The molecule has 1 saturated carbocycles. The number of carbonyl (C=O) groups is 1. The summed E-state index contributed by atoms with van der Waals surface area (Å²) in [7, 11) is 0. The Balaban J connectivity index is 1.89. The molecule has 1 fully saturated rings. The van der Waals surface area contributed by atoms with Crippen LogP contribution in [0.2, 0.25) is 0 Å². The second-order valence-corrected chi connectivity index (χ2v) is 6.48. The normalized spacial score (nSPS) is 15.3. The fraction of sp³-hybridized carbons (Fsp3) is 0.357. The Morgan fingerprint density at radius 3 is 2.04 bits per heavy atom. The monoisotopic (exact) mass is 381 g/mol. The van der Waals surface area contributed by atoms with Crippen LogP contribution in [0.15, 0.2) is 18.2 Å². The number of carbonyl (C=O) groups excluding carboxylic acids is 1. The van der Waals surface area contributed by atoms with Gasteiger partial charge < -0.3 is 0 Å². The Morgan fingerprint density at radius 2 is 1.56 bits per heavy atom. The molecule has 0 bridgehead atoms. The topological polar surface area (TPSA) is 54.9 Å². The molecule has 1 aromatic heterocycles. The van der Waals surface area contributed by atoms with E-state index in [0.717, 1.165) is 24.2 Å². The molecule has 0 aliphatic heterocycles. The Hall–Kier alpha value is -2.17. The average molecular weight is 381 g/mol. The van der Waals surface area contributed by atoms with E-state index in [4.69, 9.17) is 0 Å². The molecule has 1 heterocycles. The predicted octanol–water partition coefficient (Wildman–Crippen LogP) is 4.71. The summed E-state index contributed by atoms with van der Waals surface area (Å²) in [4.78, 5) is 12.1. The molecule has 25 heavy (non-hydrogen) atoms. The van der Waals surface area contributed by atoms with Crippen molar-refractivity contribution in [2.24, 2.45) is 0 Å². The molecular formula is C14H9F6N3OS. The maximum absolute atomic E-state index is 12.8. The molecule has 1 aromatic carbocycles. The van der Waals surface area contributed by atoms with Crippen LogP contribution in [0.4, 0.5) is 31.5 Å². The number of halogens is 6. The molecule has 1 N–H and O–H groups in total. The third-order valence-electron chi connectivity index (χ3n) is 3.44. The smallest absolute Gasteiger partial charge is 0.296 e. The van der Waals surface area contributed by atoms with Crippen molar-refractivity contribution in [1.82, 2.24) is 10.2 Å². The van der Waals surface area contributed by atoms with Gasteiger partial charge in [-0.2, -0.15) is 26.3 Å². The minimum Gasteiger partial charge on any atom is -0.296 e. The zero-order valence-corrected chi connectivity index (χ0v) is 13.0. The van der Waals surface area contributed by atoms with E-state index in [9.17, 15) is 31.1 Å². The minimum absolute atomic E-state index is 0.0258. The zero-order valence-electron chi connectivity index (χ0n) is 12.2. The highest BCUT2D eigenvalue weighted by Gasteiger charge is 2.37. The number of rotatable bonds is 3. The maximum atomic E-state index is 12.8. The van der Waals surface area contributed by atoms with Crippen molar-refractivity contribution >= 4 is 22.4 Å². The molecule has 134 valence electrons. The number of hydrogen-bond donors (Lipinski definition) is 1. The fourth-order valence-corrected chi connectivity index (χ4v) is 2.94. The Morgan fingerprint density at radius 1 is 1.00 bits per heavy atom. The van der Waals surface area contributed by atoms with Gasteiger partial charge >= 0.3 is 12.4 Å². The molecule has 1 amide bonds. The van der Waals surface area contributed by atoms with Crippen molar-refractivity contribution in [1.29, 1.82) is 0 Å². The maximum Gasteiger partial charge on any atom is 0.416 e. The van der Waals surface area contributed by atoms with E-state index in [1.54, 1.807) is 0 Å². The molecule has 0 unspecified atom stereocenters. The number of aromatic nitrogens is 2. The first-order valence-corrected chi connectivity index (χ1v) is 7.80. The molecular weight excluding hydrogens is 372 g/mol. The number of nitrogens with one attached hydrogen (secondary N) is 1. The number of hydrogen-bond acceptors (Lipinski definition) is 4. The number of benzene rings is 1. The number of anilines is 1. The van der Waals surface area contributed by atoms with Gasteiger partial charge in [-0.15, -0.1) is 10.2 Å². The fourth-order valence-electron chi connectivity index (χ4n) is 2.04. The van der Waals surface area contributed by atoms with E-state index < -0.39 is 35.0 Å². The highest BCUT2D eigenvalue weighted by Crippen LogP contribution is 2.42. The third-order valence-corrected chi connectivity index (χ3v) is 4.44. The third kappa shape index (κ3) is 4.09. The van der Waals surface area contributed by atoms with Gasteiger partial charge in [-0.05, 0) is 31.0 Å². The van der Waals surface area contributed by atoms with Gasteiger partial charge in [-0.1, -0.05) is 11.3 Å². The van der Waals surface area contributed by atoms with E-state index in [-0.39, 0.29) is 17.1 Å². The Kier molecular flexibility index (Phi) is 4.21. The van der Waals surface area contributed by atoms with Crippen molar-refractivity contribution < 1.29 is 31.1 Å². The van der Waals surface area contributed by atoms with Crippen LogP contribution in [0.5, 0.6) is 0 Å². The lowest BCUT2D eigenvalue weighted by Crippen LogP contribution is -2.17. The summed E-state index contributed by atoms with van der Waals surface area (Å²) in [5.74, 6) is -0.858. The molecule has 0 radical (unpaired) electrons. The lowest BCUT2D eigenvalue weighted by atomic mass is 10.0. The van der Waals surface area contributed by atoms with Crippen LogP contribution < -0.4 is 5.32 Å². The summed E-state index contributed by atoms with van der Waals surface area (Å²) in [6.45, 7) is 0. The van der Waals surface area contributed by atoms with E-state index in [0.29, 0.717) is 17.1 Å². The lowest BCUT2D eigenvalue weighted by molar-refractivity contribution is -0.143. The molecule has 0 spiro atoms. The van der Waals surface area contributed by atoms with Crippen LogP contribution >= 0.6 is 11.3 Å². The molecule has 11 heteroatoms. The van der Waals surface area contributed by atoms with E-state index in [1.165, 1.54) is 0 Å². The molecule has 1 aliphatic carbocycles. The Labute approximate surface area is 140 Å². The van der Waals surface area contributed by atoms with Gasteiger partial charge in [-0.25, -0.2) is 0 Å². The van der Waals surface area contributed by atoms with Gasteiger partial charge in [0.2, 0.25) is 5.13 Å². The molecule has 3 rings (SSSR count). The quantitative estimate of drug-likeness (QED) is 0.784. The van der Waals surface area contributed by atoms with Gasteiger partial charge in [-0.3, -0.25) is 10.1 Å². The Bertz CT molecular complexity index is 777. The first kappa shape index (κ1) is 17.6. The SMILES string of the molecule is O=C(Nc1nnc(C2CC2)s1)c1cc(C(F)(F)F)cc(C(F)(F)F)c1. The summed E-state index contributed by atoms with van der Waals surface area (Å²) in [5.41, 5.74) is -3.86. The number of alkyl halides is 6. The van der Waals surface area contributed by atoms with Crippen LogP contribution in [-0.4, -0.2) is 16.1 Å². The van der Waals surface area contributed by atoms with E-state index in [2.05, 4.69) is 15.5 Å². The zero-order chi connectivity index (χ0) is 18.4. The van der Waals surface area contributed by atoms with Crippen LogP contribution in [0, 0.1) is 0 Å². The molecule has 1 aliphatic rings. The van der Waals surface area contributed by atoms with Crippen molar-refractivity contribution in [3.63, 3.8) is 0 Å². The number of amides is 1. The predicted molar refractivity (Wildman–Crippen MR) is 76.3 cm³/mol. The summed E-state index contributed by atoms with van der Waals surface area (Å²) >= 11 is 1.05. The highest BCUT2D eigenvalue weighted by atomic mass is 32.1. The van der Waals surface area contributed by atoms with Gasteiger partial charge in [0.25, 0.3) is 5.91 Å². The summed E-state index contributed by atoms with van der Waals surface area (Å²) in [6, 6.07) is 0.702. The first-order chi connectivity index (χ1) is 11.5. The van der Waals surface area contributed by atoms with E-state index >= 15 is 0 Å². The van der Waals surface area contributed by atoms with Gasteiger partial charge in [0, 0.05) is 11.5 Å². The van der Waals surface area contributed by atoms with Crippen LogP contribution in [0.25, 0.3) is 0 Å². The first-order valence-electron chi connectivity index (χ1n) is 6.98. The highest BCUT2D eigenvalue weighted by molar-refractivity contribution is 7.15. The summed E-state index contributed by atoms with van der Waals surface area (Å²) in [6.07, 6.45) is -8.16. The van der Waals surface area contributed by atoms with E-state index in [1.807, 2.05) is 0 Å². The van der Waals surface area contributed by atoms with Crippen molar-refractivity contribution in [2.45, 2.75) is 31.1 Å². The van der Waals surface area contributed by atoms with Crippen molar-refractivity contribution in [2.75, 3.05) is 5.32 Å².